The fourth-order valence-corrected chi connectivity index (χ4v) is 2.77. The summed E-state index contributed by atoms with van der Waals surface area (Å²) in [7, 11) is 0. The Labute approximate surface area is 81.7 Å². The number of hydrogen-bond donors (Lipinski definition) is 2. The third-order valence-electron chi connectivity index (χ3n) is 3.79. The summed E-state index contributed by atoms with van der Waals surface area (Å²) in [6.07, 6.45) is 5.96. The van der Waals surface area contributed by atoms with E-state index in [4.69, 9.17) is 0 Å². The zero-order valence-electron chi connectivity index (χ0n) is 9.19. The van der Waals surface area contributed by atoms with Crippen LogP contribution in [0.4, 0.5) is 0 Å². The van der Waals surface area contributed by atoms with Crippen molar-refractivity contribution in [2.24, 2.45) is 5.41 Å². The first kappa shape index (κ1) is 11.0. The minimum atomic E-state index is -0.674. The highest BCUT2D eigenvalue weighted by molar-refractivity contribution is 4.96. The molecule has 1 aliphatic carbocycles. The SMILES string of the molecule is CCNC(C)(O)C1(CC)CCCC1. The van der Waals surface area contributed by atoms with Gasteiger partial charge in [0.05, 0.1) is 0 Å². The van der Waals surface area contributed by atoms with Gasteiger partial charge in [-0.05, 0) is 32.7 Å². The van der Waals surface area contributed by atoms with Crippen molar-refractivity contribution in [1.29, 1.82) is 0 Å². The average Bonchev–Trinajstić information content (AvgIpc) is 2.53. The zero-order chi connectivity index (χ0) is 9.95. The summed E-state index contributed by atoms with van der Waals surface area (Å²) in [4.78, 5) is 0. The van der Waals surface area contributed by atoms with Crippen LogP contribution in [0.1, 0.15) is 52.9 Å². The molecule has 1 unspecified atom stereocenters. The zero-order valence-corrected chi connectivity index (χ0v) is 9.19. The van der Waals surface area contributed by atoms with E-state index in [1.807, 2.05) is 13.8 Å². The van der Waals surface area contributed by atoms with E-state index in [0.29, 0.717) is 0 Å². The second kappa shape index (κ2) is 3.97. The van der Waals surface area contributed by atoms with Gasteiger partial charge in [0.25, 0.3) is 0 Å². The lowest BCUT2D eigenvalue weighted by Crippen LogP contribution is -2.55. The molecule has 2 heteroatoms. The predicted octanol–water partition coefficient (Wildman–Crippen LogP) is 2.27. The first-order chi connectivity index (χ1) is 6.08. The van der Waals surface area contributed by atoms with E-state index in [0.717, 1.165) is 13.0 Å². The first-order valence-corrected chi connectivity index (χ1v) is 5.55. The Bertz CT molecular complexity index is 159. The van der Waals surface area contributed by atoms with Crippen molar-refractivity contribution in [3.63, 3.8) is 0 Å². The molecule has 0 radical (unpaired) electrons. The lowest BCUT2D eigenvalue weighted by Gasteiger charge is -2.43. The van der Waals surface area contributed by atoms with E-state index in [1.165, 1.54) is 25.7 Å². The van der Waals surface area contributed by atoms with Crippen LogP contribution in [0.25, 0.3) is 0 Å². The Balaban J connectivity index is 2.73. The van der Waals surface area contributed by atoms with Gasteiger partial charge in [-0.2, -0.15) is 0 Å². The fourth-order valence-electron chi connectivity index (χ4n) is 2.77. The van der Waals surface area contributed by atoms with Crippen LogP contribution >= 0.6 is 0 Å². The molecule has 1 saturated carbocycles. The molecule has 1 fully saturated rings. The quantitative estimate of drug-likeness (QED) is 0.659. The maximum Gasteiger partial charge on any atom is 0.118 e. The topological polar surface area (TPSA) is 32.3 Å². The molecule has 1 atom stereocenters. The van der Waals surface area contributed by atoms with Crippen LogP contribution in [0, 0.1) is 5.41 Å². The van der Waals surface area contributed by atoms with Gasteiger partial charge in [-0.1, -0.05) is 26.7 Å². The molecule has 0 aromatic carbocycles. The van der Waals surface area contributed by atoms with Crippen LogP contribution < -0.4 is 5.32 Å². The van der Waals surface area contributed by atoms with E-state index in [-0.39, 0.29) is 5.41 Å². The molecule has 78 valence electrons. The van der Waals surface area contributed by atoms with Crippen molar-refractivity contribution >= 4 is 0 Å². The second-order valence-corrected chi connectivity index (χ2v) is 4.44. The monoisotopic (exact) mass is 185 g/mol. The third-order valence-corrected chi connectivity index (χ3v) is 3.79. The molecule has 1 aliphatic rings. The Morgan fingerprint density at radius 1 is 1.31 bits per heavy atom. The normalized spacial score (nSPS) is 25.8. The molecular formula is C11H23NO. The van der Waals surface area contributed by atoms with Crippen LogP contribution in [-0.2, 0) is 0 Å². The van der Waals surface area contributed by atoms with E-state index < -0.39 is 5.72 Å². The molecule has 2 N–H and O–H groups in total. The van der Waals surface area contributed by atoms with Crippen LogP contribution in [0.3, 0.4) is 0 Å². The van der Waals surface area contributed by atoms with E-state index in [9.17, 15) is 5.11 Å². The average molecular weight is 185 g/mol. The van der Waals surface area contributed by atoms with Crippen molar-refractivity contribution in [2.45, 2.75) is 58.6 Å². The smallest absolute Gasteiger partial charge is 0.118 e. The van der Waals surface area contributed by atoms with Gasteiger partial charge in [-0.3, -0.25) is 5.32 Å². The third kappa shape index (κ3) is 1.89. The summed E-state index contributed by atoms with van der Waals surface area (Å²) < 4.78 is 0. The van der Waals surface area contributed by atoms with Crippen molar-refractivity contribution < 1.29 is 5.11 Å². The minimum Gasteiger partial charge on any atom is -0.376 e. The number of aliphatic hydroxyl groups is 1. The summed E-state index contributed by atoms with van der Waals surface area (Å²) in [5, 5.41) is 13.6. The highest BCUT2D eigenvalue weighted by Gasteiger charge is 2.46. The number of hydrogen-bond acceptors (Lipinski definition) is 2. The van der Waals surface area contributed by atoms with Gasteiger partial charge in [0.2, 0.25) is 0 Å². The van der Waals surface area contributed by atoms with Gasteiger partial charge in [0.1, 0.15) is 5.72 Å². The molecular weight excluding hydrogens is 162 g/mol. The largest absolute Gasteiger partial charge is 0.376 e. The molecule has 0 amide bonds. The summed E-state index contributed by atoms with van der Waals surface area (Å²) >= 11 is 0. The maximum atomic E-state index is 10.4. The van der Waals surface area contributed by atoms with Crippen molar-refractivity contribution in [2.75, 3.05) is 6.54 Å². The summed E-state index contributed by atoms with van der Waals surface area (Å²) in [5.41, 5.74) is -0.546. The van der Waals surface area contributed by atoms with Gasteiger partial charge in [-0.25, -0.2) is 0 Å². The van der Waals surface area contributed by atoms with E-state index in [1.54, 1.807) is 0 Å². The standard InChI is InChI=1S/C11H23NO/c1-4-11(8-6-7-9-11)10(3,13)12-5-2/h12-13H,4-9H2,1-3H3. The molecule has 0 aromatic heterocycles. The fraction of sp³-hybridized carbons (Fsp3) is 1.00. The lowest BCUT2D eigenvalue weighted by atomic mass is 9.74. The predicted molar refractivity (Wildman–Crippen MR) is 55.5 cm³/mol. The Morgan fingerprint density at radius 2 is 1.85 bits per heavy atom. The Hall–Kier alpha value is -0.0800. The molecule has 0 aromatic rings. The molecule has 0 spiro atoms. The number of rotatable bonds is 4. The van der Waals surface area contributed by atoms with Crippen molar-refractivity contribution in [3.8, 4) is 0 Å². The van der Waals surface area contributed by atoms with Crippen LogP contribution in [0.15, 0.2) is 0 Å². The van der Waals surface area contributed by atoms with Crippen LogP contribution in [0.2, 0.25) is 0 Å². The maximum absolute atomic E-state index is 10.4. The van der Waals surface area contributed by atoms with Gasteiger partial charge in [0.15, 0.2) is 0 Å². The van der Waals surface area contributed by atoms with Crippen molar-refractivity contribution in [3.05, 3.63) is 0 Å². The Kier molecular flexibility index (Phi) is 3.36. The molecule has 2 nitrogen and oxygen atoms in total. The van der Waals surface area contributed by atoms with Crippen LogP contribution in [0.5, 0.6) is 0 Å². The van der Waals surface area contributed by atoms with Crippen molar-refractivity contribution in [1.82, 2.24) is 5.32 Å². The first-order valence-electron chi connectivity index (χ1n) is 5.55. The minimum absolute atomic E-state index is 0.128. The second-order valence-electron chi connectivity index (χ2n) is 4.44. The van der Waals surface area contributed by atoms with Gasteiger partial charge < -0.3 is 5.11 Å². The van der Waals surface area contributed by atoms with E-state index >= 15 is 0 Å². The molecule has 0 bridgehead atoms. The summed E-state index contributed by atoms with van der Waals surface area (Å²) in [6.45, 7) is 7.02. The molecule has 0 heterocycles. The molecule has 13 heavy (non-hydrogen) atoms. The van der Waals surface area contributed by atoms with Gasteiger partial charge in [-0.15, -0.1) is 0 Å². The lowest BCUT2D eigenvalue weighted by molar-refractivity contribution is -0.0958. The Morgan fingerprint density at radius 3 is 2.23 bits per heavy atom. The molecule has 0 aliphatic heterocycles. The van der Waals surface area contributed by atoms with Gasteiger partial charge >= 0.3 is 0 Å². The highest BCUT2D eigenvalue weighted by Crippen LogP contribution is 2.47. The molecule has 0 saturated heterocycles. The van der Waals surface area contributed by atoms with Gasteiger partial charge in [0, 0.05) is 5.41 Å². The summed E-state index contributed by atoms with van der Waals surface area (Å²) in [5.74, 6) is 0. The number of nitrogens with one attached hydrogen (secondary N) is 1. The van der Waals surface area contributed by atoms with E-state index in [2.05, 4.69) is 12.2 Å². The summed E-state index contributed by atoms with van der Waals surface area (Å²) in [6, 6.07) is 0. The van der Waals surface area contributed by atoms with Crippen LogP contribution in [-0.4, -0.2) is 17.4 Å². The highest BCUT2D eigenvalue weighted by atomic mass is 16.3. The molecule has 1 rings (SSSR count).